The van der Waals surface area contributed by atoms with Crippen LogP contribution in [0.5, 0.6) is 0 Å². The Morgan fingerprint density at radius 3 is 2.58 bits per heavy atom. The number of benzene rings is 1. The number of amides is 1. The Kier molecular flexibility index (Phi) is 5.22. The van der Waals surface area contributed by atoms with E-state index in [1.807, 2.05) is 0 Å². The van der Waals surface area contributed by atoms with Gasteiger partial charge in [0.05, 0.1) is 12.1 Å². The van der Waals surface area contributed by atoms with Crippen molar-refractivity contribution in [2.24, 2.45) is 0 Å². The summed E-state index contributed by atoms with van der Waals surface area (Å²) in [6.45, 7) is 1.38. The third-order valence-corrected chi connectivity index (χ3v) is 5.77. The van der Waals surface area contributed by atoms with Gasteiger partial charge in [0, 0.05) is 11.7 Å². The predicted molar refractivity (Wildman–Crippen MR) is 93.6 cm³/mol. The van der Waals surface area contributed by atoms with E-state index in [4.69, 9.17) is 0 Å². The first-order valence-corrected chi connectivity index (χ1v) is 9.25. The largest absolute Gasteiger partial charge is 0.416 e. The van der Waals surface area contributed by atoms with Crippen molar-refractivity contribution in [2.45, 2.75) is 51.4 Å². The highest BCUT2D eigenvalue weighted by molar-refractivity contribution is 7.11. The van der Waals surface area contributed by atoms with E-state index in [-0.39, 0.29) is 28.9 Å². The second-order valence-corrected chi connectivity index (χ2v) is 7.44. The molecule has 0 atom stereocenters. The molecule has 1 aliphatic carbocycles. The summed E-state index contributed by atoms with van der Waals surface area (Å²) >= 11 is 0.779. The number of nitrogens with one attached hydrogen (secondary N) is 1. The Morgan fingerprint density at radius 1 is 1.27 bits per heavy atom. The molecule has 140 valence electrons. The van der Waals surface area contributed by atoms with Crippen molar-refractivity contribution in [2.75, 3.05) is 0 Å². The minimum absolute atomic E-state index is 0.00533. The lowest BCUT2D eigenvalue weighted by atomic mass is 10.1. The van der Waals surface area contributed by atoms with Gasteiger partial charge in [-0.1, -0.05) is 42.4 Å². The number of nitrogens with zero attached hydrogens (tertiary/aromatic N) is 1. The summed E-state index contributed by atoms with van der Waals surface area (Å²) in [6.07, 6.45) is -0.531. The minimum atomic E-state index is -4.49. The summed E-state index contributed by atoms with van der Waals surface area (Å²) in [5.41, 5.74) is -0.368. The molecule has 1 fully saturated rings. The smallest absolute Gasteiger partial charge is 0.349 e. The van der Waals surface area contributed by atoms with E-state index in [0.29, 0.717) is 5.69 Å². The van der Waals surface area contributed by atoms with Gasteiger partial charge in [0.2, 0.25) is 0 Å². The molecule has 0 unspecified atom stereocenters. The molecule has 3 rings (SSSR count). The molecule has 8 heteroatoms. The van der Waals surface area contributed by atoms with Crippen molar-refractivity contribution < 1.29 is 18.0 Å². The van der Waals surface area contributed by atoms with E-state index in [9.17, 15) is 22.8 Å². The fourth-order valence-corrected chi connectivity index (χ4v) is 4.19. The van der Waals surface area contributed by atoms with Gasteiger partial charge in [-0.15, -0.1) is 0 Å². The second kappa shape index (κ2) is 7.26. The third-order valence-electron chi connectivity index (χ3n) is 4.69. The number of aromatic nitrogens is 1. The molecular formula is C18H19F3N2O2S. The van der Waals surface area contributed by atoms with Gasteiger partial charge in [-0.25, -0.2) is 0 Å². The zero-order chi connectivity index (χ0) is 18.9. The topological polar surface area (TPSA) is 51.1 Å². The fourth-order valence-electron chi connectivity index (χ4n) is 3.30. The van der Waals surface area contributed by atoms with Crippen molar-refractivity contribution in [1.82, 2.24) is 9.88 Å². The van der Waals surface area contributed by atoms with Crippen LogP contribution in [0.15, 0.2) is 29.1 Å². The lowest BCUT2D eigenvalue weighted by molar-refractivity contribution is -0.138. The normalized spacial score (nSPS) is 15.4. The van der Waals surface area contributed by atoms with E-state index < -0.39 is 16.6 Å². The molecule has 1 aliphatic rings. The van der Waals surface area contributed by atoms with Crippen molar-refractivity contribution in [3.63, 3.8) is 0 Å². The van der Waals surface area contributed by atoms with Crippen LogP contribution in [0.4, 0.5) is 13.2 Å². The van der Waals surface area contributed by atoms with Crippen LogP contribution >= 0.6 is 11.3 Å². The van der Waals surface area contributed by atoms with Crippen LogP contribution in [0.25, 0.3) is 0 Å². The number of hydrogen-bond acceptors (Lipinski definition) is 3. The van der Waals surface area contributed by atoms with Gasteiger partial charge in [0.25, 0.3) is 5.91 Å². The summed E-state index contributed by atoms with van der Waals surface area (Å²) in [7, 11) is 0. The lowest BCUT2D eigenvalue weighted by Gasteiger charge is -2.14. The van der Waals surface area contributed by atoms with Gasteiger partial charge in [-0.05, 0) is 31.4 Å². The Labute approximate surface area is 152 Å². The zero-order valence-electron chi connectivity index (χ0n) is 14.2. The van der Waals surface area contributed by atoms with Crippen molar-refractivity contribution >= 4 is 17.2 Å². The van der Waals surface area contributed by atoms with E-state index in [1.54, 1.807) is 6.92 Å². The standard InChI is InChI=1S/C18H19F3N2O2S/c1-11-15(16(24)22-13-7-3-4-8-13)26-17(25)23(11)10-12-6-2-5-9-14(12)18(19,20)21/h2,5-6,9,13H,3-4,7-8,10H2,1H3,(H,22,24). The molecule has 0 saturated heterocycles. The summed E-state index contributed by atoms with van der Waals surface area (Å²) in [6, 6.07) is 5.28. The molecule has 2 aromatic rings. The maximum Gasteiger partial charge on any atom is 0.416 e. The number of rotatable bonds is 4. The van der Waals surface area contributed by atoms with Crippen LogP contribution in [-0.4, -0.2) is 16.5 Å². The quantitative estimate of drug-likeness (QED) is 0.868. The van der Waals surface area contributed by atoms with Crippen LogP contribution in [0.1, 0.15) is 52.2 Å². The van der Waals surface area contributed by atoms with Crippen LogP contribution in [0, 0.1) is 6.92 Å². The zero-order valence-corrected chi connectivity index (χ0v) is 15.0. The number of carbonyl (C=O) groups excluding carboxylic acids is 1. The molecule has 1 aromatic heterocycles. The van der Waals surface area contributed by atoms with E-state index in [0.717, 1.165) is 43.1 Å². The molecule has 1 aromatic carbocycles. The molecule has 1 heterocycles. The number of thiazole rings is 1. The molecule has 1 N–H and O–H groups in total. The van der Waals surface area contributed by atoms with Crippen LogP contribution in [-0.2, 0) is 12.7 Å². The third kappa shape index (κ3) is 3.85. The summed E-state index contributed by atoms with van der Waals surface area (Å²) < 4.78 is 40.7. The fraction of sp³-hybridized carbons (Fsp3) is 0.444. The number of alkyl halides is 3. The van der Waals surface area contributed by atoms with Gasteiger partial charge in [-0.3, -0.25) is 14.2 Å². The number of hydrogen-bond donors (Lipinski definition) is 1. The highest BCUT2D eigenvalue weighted by Gasteiger charge is 2.33. The molecule has 4 nitrogen and oxygen atoms in total. The van der Waals surface area contributed by atoms with Gasteiger partial charge in [0.1, 0.15) is 4.88 Å². The first kappa shape index (κ1) is 18.7. The first-order chi connectivity index (χ1) is 12.3. The molecule has 0 bridgehead atoms. The molecule has 0 spiro atoms. The maximum atomic E-state index is 13.2. The average Bonchev–Trinajstić information content (AvgIpc) is 3.17. The average molecular weight is 384 g/mol. The molecule has 0 radical (unpaired) electrons. The predicted octanol–water partition coefficient (Wildman–Crippen LogP) is 3.96. The Hall–Kier alpha value is -2.09. The van der Waals surface area contributed by atoms with E-state index >= 15 is 0 Å². The van der Waals surface area contributed by atoms with Crippen molar-refractivity contribution in [3.05, 3.63) is 55.6 Å². The number of carbonyl (C=O) groups is 1. The molecule has 1 amide bonds. The van der Waals surface area contributed by atoms with Gasteiger partial charge in [0.15, 0.2) is 0 Å². The summed E-state index contributed by atoms with van der Waals surface area (Å²) in [5.74, 6) is -0.320. The second-order valence-electron chi connectivity index (χ2n) is 6.48. The Bertz CT molecular complexity index is 864. The SMILES string of the molecule is Cc1c(C(=O)NC2CCCC2)sc(=O)n1Cc1ccccc1C(F)(F)F. The van der Waals surface area contributed by atoms with E-state index in [2.05, 4.69) is 5.32 Å². The highest BCUT2D eigenvalue weighted by atomic mass is 32.1. The van der Waals surface area contributed by atoms with Gasteiger partial charge in [-0.2, -0.15) is 13.2 Å². The Morgan fingerprint density at radius 2 is 1.92 bits per heavy atom. The molecule has 0 aliphatic heterocycles. The van der Waals surface area contributed by atoms with E-state index in [1.165, 1.54) is 22.8 Å². The van der Waals surface area contributed by atoms with Crippen LogP contribution < -0.4 is 10.2 Å². The monoisotopic (exact) mass is 384 g/mol. The highest BCUT2D eigenvalue weighted by Crippen LogP contribution is 2.32. The summed E-state index contributed by atoms with van der Waals surface area (Å²) in [4.78, 5) is 24.6. The minimum Gasteiger partial charge on any atom is -0.349 e. The molecule has 1 saturated carbocycles. The lowest BCUT2D eigenvalue weighted by Crippen LogP contribution is -2.32. The first-order valence-electron chi connectivity index (χ1n) is 8.43. The molecule has 26 heavy (non-hydrogen) atoms. The van der Waals surface area contributed by atoms with Crippen molar-refractivity contribution in [3.8, 4) is 0 Å². The summed E-state index contributed by atoms with van der Waals surface area (Å²) in [5, 5.41) is 2.92. The van der Waals surface area contributed by atoms with Gasteiger partial charge < -0.3 is 5.32 Å². The van der Waals surface area contributed by atoms with Crippen molar-refractivity contribution in [1.29, 1.82) is 0 Å². The Balaban J connectivity index is 1.87. The molecular weight excluding hydrogens is 365 g/mol. The van der Waals surface area contributed by atoms with Crippen LogP contribution in [0.3, 0.4) is 0 Å². The number of halogens is 3. The van der Waals surface area contributed by atoms with Crippen LogP contribution in [0.2, 0.25) is 0 Å². The maximum absolute atomic E-state index is 13.2. The van der Waals surface area contributed by atoms with Gasteiger partial charge >= 0.3 is 11.0 Å².